The molecule has 0 aliphatic carbocycles. The predicted octanol–water partition coefficient (Wildman–Crippen LogP) is 2.14. The van der Waals surface area contributed by atoms with Crippen molar-refractivity contribution in [2.75, 3.05) is 13.2 Å². The van der Waals surface area contributed by atoms with Crippen LogP contribution < -0.4 is 0 Å². The van der Waals surface area contributed by atoms with Gasteiger partial charge in [-0.2, -0.15) is 0 Å². The maximum Gasteiger partial charge on any atom is 0.306 e. The minimum atomic E-state index is -0.788. The quantitative estimate of drug-likeness (QED) is 0.715. The molecule has 0 bridgehead atoms. The van der Waals surface area contributed by atoms with Gasteiger partial charge in [0.1, 0.15) is 6.61 Å². The lowest BCUT2D eigenvalue weighted by Crippen LogP contribution is -2.32. The Hall–Kier alpha value is -1.65. The number of hydrogen-bond acceptors (Lipinski definition) is 4. The van der Waals surface area contributed by atoms with E-state index in [9.17, 15) is 15.0 Å². The van der Waals surface area contributed by atoms with Crippen molar-refractivity contribution in [3.05, 3.63) is 42.0 Å². The van der Waals surface area contributed by atoms with E-state index in [0.717, 1.165) is 11.1 Å². The van der Waals surface area contributed by atoms with Gasteiger partial charge >= 0.3 is 5.97 Å². The maximum absolute atomic E-state index is 11.8. The van der Waals surface area contributed by atoms with Crippen LogP contribution in [0.2, 0.25) is 0 Å². The molecule has 0 unspecified atom stereocenters. The lowest BCUT2D eigenvalue weighted by molar-refractivity contribution is -0.149. The standard InChI is InChI=1S/C16H22O4/c1-3-13-5-7-14(8-6-13)10-20-15(19)9-16(4-2,11-17)12-18/h3,5-8,17-18H,1,4,9-12H2,2H3. The highest BCUT2D eigenvalue weighted by atomic mass is 16.5. The van der Waals surface area contributed by atoms with Gasteiger partial charge in [-0.15, -0.1) is 0 Å². The minimum absolute atomic E-state index is 0.0151. The number of carbonyl (C=O) groups is 1. The number of rotatable bonds is 8. The van der Waals surface area contributed by atoms with Crippen molar-refractivity contribution in [2.45, 2.75) is 26.4 Å². The van der Waals surface area contributed by atoms with Gasteiger partial charge in [0, 0.05) is 5.41 Å². The third kappa shape index (κ3) is 4.47. The van der Waals surface area contributed by atoms with Gasteiger partial charge in [0.2, 0.25) is 0 Å². The highest BCUT2D eigenvalue weighted by Crippen LogP contribution is 2.25. The normalized spacial score (nSPS) is 11.2. The van der Waals surface area contributed by atoms with Crippen molar-refractivity contribution < 1.29 is 19.7 Å². The molecule has 0 spiro atoms. The fourth-order valence-corrected chi connectivity index (χ4v) is 1.78. The summed E-state index contributed by atoms with van der Waals surface area (Å²) in [6, 6.07) is 7.53. The lowest BCUT2D eigenvalue weighted by Gasteiger charge is -2.26. The van der Waals surface area contributed by atoms with E-state index in [1.54, 1.807) is 6.08 Å². The molecule has 4 heteroatoms. The van der Waals surface area contributed by atoms with Crippen molar-refractivity contribution in [3.63, 3.8) is 0 Å². The highest BCUT2D eigenvalue weighted by Gasteiger charge is 2.30. The Bertz CT molecular complexity index is 424. The molecule has 110 valence electrons. The second kappa shape index (κ2) is 7.82. The summed E-state index contributed by atoms with van der Waals surface area (Å²) in [5.41, 5.74) is 1.11. The van der Waals surface area contributed by atoms with Crippen LogP contribution in [-0.2, 0) is 16.1 Å². The van der Waals surface area contributed by atoms with E-state index in [1.807, 2.05) is 31.2 Å². The zero-order valence-corrected chi connectivity index (χ0v) is 11.8. The topological polar surface area (TPSA) is 66.8 Å². The molecule has 0 saturated carbocycles. The first-order valence-electron chi connectivity index (χ1n) is 6.68. The van der Waals surface area contributed by atoms with Crippen molar-refractivity contribution in [3.8, 4) is 0 Å². The SMILES string of the molecule is C=Cc1ccc(COC(=O)CC(CC)(CO)CO)cc1. The summed E-state index contributed by atoms with van der Waals surface area (Å²) in [6.07, 6.45) is 2.28. The van der Waals surface area contributed by atoms with E-state index in [-0.39, 0.29) is 26.2 Å². The highest BCUT2D eigenvalue weighted by molar-refractivity contribution is 5.70. The van der Waals surface area contributed by atoms with E-state index >= 15 is 0 Å². The van der Waals surface area contributed by atoms with E-state index in [2.05, 4.69) is 6.58 Å². The monoisotopic (exact) mass is 278 g/mol. The maximum atomic E-state index is 11.8. The molecule has 0 saturated heterocycles. The Morgan fingerprint density at radius 1 is 1.30 bits per heavy atom. The van der Waals surface area contributed by atoms with Gasteiger partial charge < -0.3 is 14.9 Å². The van der Waals surface area contributed by atoms with Gasteiger partial charge in [0.15, 0.2) is 0 Å². The average molecular weight is 278 g/mol. The van der Waals surface area contributed by atoms with Gasteiger partial charge in [-0.1, -0.05) is 43.8 Å². The smallest absolute Gasteiger partial charge is 0.306 e. The summed E-state index contributed by atoms with van der Waals surface area (Å²) in [5.74, 6) is -0.414. The van der Waals surface area contributed by atoms with Crippen LogP contribution in [0.15, 0.2) is 30.8 Å². The molecule has 20 heavy (non-hydrogen) atoms. The third-order valence-electron chi connectivity index (χ3n) is 3.56. The van der Waals surface area contributed by atoms with Crippen LogP contribution in [-0.4, -0.2) is 29.4 Å². The molecule has 0 fully saturated rings. The molecule has 0 amide bonds. The summed E-state index contributed by atoms with van der Waals surface area (Å²) >= 11 is 0. The van der Waals surface area contributed by atoms with Gasteiger partial charge in [-0.25, -0.2) is 0 Å². The van der Waals surface area contributed by atoms with E-state index in [1.165, 1.54) is 0 Å². The summed E-state index contributed by atoms with van der Waals surface area (Å²) in [7, 11) is 0. The Morgan fingerprint density at radius 2 is 1.90 bits per heavy atom. The second-order valence-electron chi connectivity index (χ2n) is 4.95. The molecule has 4 nitrogen and oxygen atoms in total. The molecule has 0 atom stereocenters. The first-order chi connectivity index (χ1) is 9.59. The fourth-order valence-electron chi connectivity index (χ4n) is 1.78. The number of aliphatic hydroxyl groups is 2. The largest absolute Gasteiger partial charge is 0.461 e. The number of carbonyl (C=O) groups excluding carboxylic acids is 1. The zero-order chi connectivity index (χ0) is 15.0. The summed E-state index contributed by atoms with van der Waals surface area (Å²) in [4.78, 5) is 11.8. The van der Waals surface area contributed by atoms with Crippen LogP contribution in [0, 0.1) is 5.41 Å². The molecule has 1 aromatic rings. The minimum Gasteiger partial charge on any atom is -0.461 e. The summed E-state index contributed by atoms with van der Waals surface area (Å²) in [5, 5.41) is 18.6. The summed E-state index contributed by atoms with van der Waals surface area (Å²) < 4.78 is 5.18. The molecular formula is C16H22O4. The molecule has 1 aromatic carbocycles. The van der Waals surface area contributed by atoms with Crippen molar-refractivity contribution in [1.29, 1.82) is 0 Å². The van der Waals surface area contributed by atoms with Crippen LogP contribution in [0.4, 0.5) is 0 Å². The van der Waals surface area contributed by atoms with E-state index in [0.29, 0.717) is 6.42 Å². The second-order valence-corrected chi connectivity index (χ2v) is 4.95. The van der Waals surface area contributed by atoms with Crippen LogP contribution in [0.25, 0.3) is 6.08 Å². The first-order valence-corrected chi connectivity index (χ1v) is 6.68. The lowest BCUT2D eigenvalue weighted by atomic mass is 9.83. The molecule has 1 rings (SSSR count). The Labute approximate surface area is 119 Å². The predicted molar refractivity (Wildman–Crippen MR) is 77.8 cm³/mol. The van der Waals surface area contributed by atoms with Gasteiger partial charge in [-0.3, -0.25) is 4.79 Å². The van der Waals surface area contributed by atoms with Crippen LogP contribution >= 0.6 is 0 Å². The molecule has 2 N–H and O–H groups in total. The number of benzene rings is 1. The van der Waals surface area contributed by atoms with E-state index in [4.69, 9.17) is 4.74 Å². The van der Waals surface area contributed by atoms with Crippen molar-refractivity contribution in [2.24, 2.45) is 5.41 Å². The average Bonchev–Trinajstić information content (AvgIpc) is 2.51. The number of esters is 1. The fraction of sp³-hybridized carbons (Fsp3) is 0.438. The molecular weight excluding hydrogens is 256 g/mol. The molecule has 0 radical (unpaired) electrons. The van der Waals surface area contributed by atoms with Gasteiger partial charge in [-0.05, 0) is 17.5 Å². The number of hydrogen-bond donors (Lipinski definition) is 2. The third-order valence-corrected chi connectivity index (χ3v) is 3.56. The molecule has 0 aliphatic heterocycles. The van der Waals surface area contributed by atoms with Crippen LogP contribution in [0.5, 0.6) is 0 Å². The molecule has 0 aliphatic rings. The van der Waals surface area contributed by atoms with E-state index < -0.39 is 11.4 Å². The van der Waals surface area contributed by atoms with Gasteiger partial charge in [0.05, 0.1) is 19.6 Å². The molecule has 0 heterocycles. The number of aliphatic hydroxyl groups excluding tert-OH is 2. The van der Waals surface area contributed by atoms with Crippen LogP contribution in [0.3, 0.4) is 0 Å². The Kier molecular flexibility index (Phi) is 6.42. The Balaban J connectivity index is 2.52. The van der Waals surface area contributed by atoms with Crippen molar-refractivity contribution in [1.82, 2.24) is 0 Å². The zero-order valence-electron chi connectivity index (χ0n) is 11.8. The molecule has 0 aromatic heterocycles. The van der Waals surface area contributed by atoms with Crippen molar-refractivity contribution >= 4 is 12.0 Å². The number of ether oxygens (including phenoxy) is 1. The Morgan fingerprint density at radius 3 is 2.35 bits per heavy atom. The van der Waals surface area contributed by atoms with Crippen LogP contribution in [0.1, 0.15) is 30.9 Å². The first kappa shape index (κ1) is 16.4. The summed E-state index contributed by atoms with van der Waals surface area (Å²) in [6.45, 7) is 5.22. The van der Waals surface area contributed by atoms with Gasteiger partial charge in [0.25, 0.3) is 0 Å².